The number of likely N-dealkylation sites (N-methyl/N-ethyl adjacent to an activating group) is 1. The Hall–Kier alpha value is -2.41. The number of benzene rings is 2. The van der Waals surface area contributed by atoms with Crippen LogP contribution in [0, 0.1) is 33.5 Å². The highest BCUT2D eigenvalue weighted by atomic mass is 32.2. The molecule has 0 bridgehead atoms. The van der Waals surface area contributed by atoms with Gasteiger partial charge in [0.2, 0.25) is 5.91 Å². The van der Waals surface area contributed by atoms with Gasteiger partial charge in [0, 0.05) is 7.05 Å². The third kappa shape index (κ3) is 3.72. The first-order valence-electron chi connectivity index (χ1n) is 8.16. The molecule has 0 aliphatic carbocycles. The number of sulfonamides is 1. The van der Waals surface area contributed by atoms with Gasteiger partial charge in [-0.25, -0.2) is 12.8 Å². The fraction of sp³-hybridized carbons (Fsp3) is 0.316. The van der Waals surface area contributed by atoms with Crippen molar-refractivity contribution in [3.05, 3.63) is 58.4 Å². The maximum Gasteiger partial charge on any atom is 0.265 e. The molecule has 0 aliphatic rings. The summed E-state index contributed by atoms with van der Waals surface area (Å²) in [7, 11) is -2.65. The highest BCUT2D eigenvalue weighted by molar-refractivity contribution is 7.93. The van der Waals surface area contributed by atoms with E-state index in [0.29, 0.717) is 11.1 Å². The number of halogens is 1. The molecule has 0 spiro atoms. The molecular weight excluding hydrogens is 355 g/mol. The van der Waals surface area contributed by atoms with Crippen molar-refractivity contribution in [1.29, 1.82) is 0 Å². The fourth-order valence-electron chi connectivity index (χ4n) is 2.83. The first kappa shape index (κ1) is 19.9. The average molecular weight is 378 g/mol. The van der Waals surface area contributed by atoms with Gasteiger partial charge in [-0.05, 0) is 68.1 Å². The molecule has 0 saturated carbocycles. The van der Waals surface area contributed by atoms with E-state index in [0.717, 1.165) is 21.5 Å². The molecule has 0 unspecified atom stereocenters. The molecule has 1 N–H and O–H groups in total. The first-order chi connectivity index (χ1) is 12.1. The topological polar surface area (TPSA) is 66.5 Å². The van der Waals surface area contributed by atoms with Gasteiger partial charge < -0.3 is 5.32 Å². The Morgan fingerprint density at radius 1 is 1.08 bits per heavy atom. The van der Waals surface area contributed by atoms with E-state index in [1.54, 1.807) is 13.8 Å². The summed E-state index contributed by atoms with van der Waals surface area (Å²) >= 11 is 0. The third-order valence-corrected chi connectivity index (χ3v) is 6.56. The summed E-state index contributed by atoms with van der Waals surface area (Å²) in [4.78, 5) is 12.1. The Labute approximate surface area is 153 Å². The Bertz CT molecular complexity index is 929. The van der Waals surface area contributed by atoms with Crippen molar-refractivity contribution < 1.29 is 17.6 Å². The Morgan fingerprint density at radius 3 is 2.15 bits per heavy atom. The second kappa shape index (κ2) is 7.45. The van der Waals surface area contributed by atoms with Crippen LogP contribution in [0.25, 0.3) is 0 Å². The number of rotatable bonds is 5. The van der Waals surface area contributed by atoms with E-state index in [9.17, 15) is 17.6 Å². The van der Waals surface area contributed by atoms with Gasteiger partial charge >= 0.3 is 0 Å². The van der Waals surface area contributed by atoms with E-state index in [4.69, 9.17) is 0 Å². The van der Waals surface area contributed by atoms with Crippen molar-refractivity contribution >= 4 is 21.6 Å². The molecule has 0 radical (unpaired) electrons. The summed E-state index contributed by atoms with van der Waals surface area (Å²) in [6.07, 6.45) is 0. The minimum absolute atomic E-state index is 0.103. The van der Waals surface area contributed by atoms with E-state index >= 15 is 0 Å². The lowest BCUT2D eigenvalue weighted by molar-refractivity contribution is -0.119. The molecule has 26 heavy (non-hydrogen) atoms. The van der Waals surface area contributed by atoms with Crippen LogP contribution in [0.3, 0.4) is 0 Å². The highest BCUT2D eigenvalue weighted by Crippen LogP contribution is 2.31. The third-order valence-electron chi connectivity index (χ3n) is 4.51. The van der Waals surface area contributed by atoms with Gasteiger partial charge in [-0.2, -0.15) is 0 Å². The number of amides is 1. The summed E-state index contributed by atoms with van der Waals surface area (Å²) in [6.45, 7) is 6.71. The second-order valence-corrected chi connectivity index (χ2v) is 8.05. The molecule has 0 fully saturated rings. The van der Waals surface area contributed by atoms with Crippen LogP contribution in [0.15, 0.2) is 35.2 Å². The Morgan fingerprint density at radius 2 is 1.65 bits per heavy atom. The number of carbonyl (C=O) groups is 1. The van der Waals surface area contributed by atoms with Crippen LogP contribution in [0.5, 0.6) is 0 Å². The van der Waals surface area contributed by atoms with Crippen LogP contribution < -0.4 is 9.62 Å². The Kier molecular flexibility index (Phi) is 5.71. The molecule has 140 valence electrons. The predicted molar refractivity (Wildman–Crippen MR) is 100 cm³/mol. The van der Waals surface area contributed by atoms with Crippen molar-refractivity contribution in [3.8, 4) is 0 Å². The van der Waals surface area contributed by atoms with Crippen LogP contribution in [0.2, 0.25) is 0 Å². The van der Waals surface area contributed by atoms with E-state index in [1.165, 1.54) is 25.2 Å². The summed E-state index contributed by atoms with van der Waals surface area (Å²) in [5.41, 5.74) is 3.01. The summed E-state index contributed by atoms with van der Waals surface area (Å²) < 4.78 is 41.6. The van der Waals surface area contributed by atoms with Crippen molar-refractivity contribution in [2.75, 3.05) is 17.9 Å². The number of aryl methyl sites for hydroxylation is 2. The van der Waals surface area contributed by atoms with Crippen molar-refractivity contribution in [2.45, 2.75) is 32.6 Å². The molecule has 0 atom stereocenters. The van der Waals surface area contributed by atoms with Gasteiger partial charge in [-0.15, -0.1) is 0 Å². The highest BCUT2D eigenvalue weighted by Gasteiger charge is 2.31. The quantitative estimate of drug-likeness (QED) is 0.870. The SMILES string of the molecule is CNC(=O)CN(c1cccc(F)c1)S(=O)(=O)c1c(C)c(C)cc(C)c1C. The predicted octanol–water partition coefficient (Wildman–Crippen LogP) is 3.00. The van der Waals surface area contributed by atoms with E-state index < -0.39 is 28.3 Å². The van der Waals surface area contributed by atoms with Crippen molar-refractivity contribution in [2.24, 2.45) is 0 Å². The molecule has 0 aromatic heterocycles. The molecule has 0 aliphatic heterocycles. The van der Waals surface area contributed by atoms with Gasteiger partial charge in [0.05, 0.1) is 10.6 Å². The van der Waals surface area contributed by atoms with Gasteiger partial charge in [0.25, 0.3) is 10.0 Å². The zero-order chi connectivity index (χ0) is 19.6. The lowest BCUT2D eigenvalue weighted by Gasteiger charge is -2.26. The standard InChI is InChI=1S/C19H23FN2O3S/c1-12-9-13(2)15(4)19(14(12)3)26(24,25)22(11-18(23)21-5)17-8-6-7-16(20)10-17/h6-10H,11H2,1-5H3,(H,21,23). The number of hydrogen-bond donors (Lipinski definition) is 1. The van der Waals surface area contributed by atoms with Gasteiger partial charge in [-0.1, -0.05) is 12.1 Å². The molecule has 2 aromatic rings. The maximum absolute atomic E-state index is 13.7. The summed E-state index contributed by atoms with van der Waals surface area (Å²) in [5, 5.41) is 2.42. The fourth-order valence-corrected chi connectivity index (χ4v) is 4.83. The molecule has 5 nitrogen and oxygen atoms in total. The van der Waals surface area contributed by atoms with Crippen LogP contribution in [-0.4, -0.2) is 27.9 Å². The number of nitrogens with one attached hydrogen (secondary N) is 1. The van der Waals surface area contributed by atoms with E-state index in [1.807, 2.05) is 19.9 Å². The number of anilines is 1. The van der Waals surface area contributed by atoms with E-state index in [2.05, 4.69) is 5.32 Å². The monoisotopic (exact) mass is 378 g/mol. The lowest BCUT2D eigenvalue weighted by Crippen LogP contribution is -2.40. The summed E-state index contributed by atoms with van der Waals surface area (Å²) in [5.74, 6) is -1.06. The normalized spacial score (nSPS) is 11.3. The molecule has 2 aromatic carbocycles. The van der Waals surface area contributed by atoms with Crippen LogP contribution >= 0.6 is 0 Å². The molecule has 2 rings (SSSR count). The van der Waals surface area contributed by atoms with Gasteiger partial charge in [0.15, 0.2) is 0 Å². The molecule has 0 saturated heterocycles. The second-order valence-electron chi connectivity index (χ2n) is 6.25. The average Bonchev–Trinajstić information content (AvgIpc) is 2.57. The van der Waals surface area contributed by atoms with Crippen LogP contribution in [0.1, 0.15) is 22.3 Å². The lowest BCUT2D eigenvalue weighted by atomic mass is 10.0. The largest absolute Gasteiger partial charge is 0.358 e. The van der Waals surface area contributed by atoms with E-state index in [-0.39, 0.29) is 10.6 Å². The molecule has 0 heterocycles. The first-order valence-corrected chi connectivity index (χ1v) is 9.60. The van der Waals surface area contributed by atoms with Gasteiger partial charge in [0.1, 0.15) is 12.4 Å². The number of nitrogens with zero attached hydrogens (tertiary/aromatic N) is 1. The zero-order valence-corrected chi connectivity index (χ0v) is 16.4. The maximum atomic E-state index is 13.7. The molecule has 1 amide bonds. The van der Waals surface area contributed by atoms with Gasteiger partial charge in [-0.3, -0.25) is 9.10 Å². The Balaban J connectivity index is 2.73. The number of hydrogen-bond acceptors (Lipinski definition) is 3. The summed E-state index contributed by atoms with van der Waals surface area (Å²) in [6, 6.07) is 7.14. The van der Waals surface area contributed by atoms with Crippen LogP contribution in [-0.2, 0) is 14.8 Å². The smallest absolute Gasteiger partial charge is 0.265 e. The van der Waals surface area contributed by atoms with Crippen molar-refractivity contribution in [3.63, 3.8) is 0 Å². The van der Waals surface area contributed by atoms with Crippen LogP contribution in [0.4, 0.5) is 10.1 Å². The number of carbonyl (C=O) groups excluding carboxylic acids is 1. The zero-order valence-electron chi connectivity index (χ0n) is 15.6. The minimum Gasteiger partial charge on any atom is -0.358 e. The molecule has 7 heteroatoms. The van der Waals surface area contributed by atoms with Crippen molar-refractivity contribution in [1.82, 2.24) is 5.32 Å². The molecular formula is C19H23FN2O3S. The minimum atomic E-state index is -4.08.